The summed E-state index contributed by atoms with van der Waals surface area (Å²) in [6.45, 7) is 0. The van der Waals surface area contributed by atoms with E-state index >= 15 is 0 Å². The summed E-state index contributed by atoms with van der Waals surface area (Å²) in [5.74, 6) is 0. The Morgan fingerprint density at radius 3 is 2.36 bits per heavy atom. The smallest absolute Gasteiger partial charge is 0.153 e. The van der Waals surface area contributed by atoms with Crippen LogP contribution in [0.1, 0.15) is 15.9 Å². The zero-order chi connectivity index (χ0) is 15.5. The van der Waals surface area contributed by atoms with E-state index in [1.807, 2.05) is 24.3 Å². The fraction of sp³-hybridized carbons (Fsp3) is 0. The summed E-state index contributed by atoms with van der Waals surface area (Å²) in [4.78, 5) is 11.3. The lowest BCUT2D eigenvalue weighted by atomic mass is 10.1. The van der Waals surface area contributed by atoms with E-state index in [2.05, 4.69) is 27.1 Å². The second-order valence-electron chi connectivity index (χ2n) is 4.66. The van der Waals surface area contributed by atoms with E-state index in [-0.39, 0.29) is 0 Å². The highest BCUT2D eigenvalue weighted by Crippen LogP contribution is 2.24. The van der Waals surface area contributed by atoms with Crippen molar-refractivity contribution in [2.24, 2.45) is 0 Å². The SMILES string of the molecule is N#Cc1ccc(-n2cc(C=O)c(-c3ccc(Br)cc3)n2)cc1. The Kier molecular flexibility index (Phi) is 3.86. The average molecular weight is 352 g/mol. The van der Waals surface area contributed by atoms with E-state index in [0.717, 1.165) is 22.0 Å². The average Bonchev–Trinajstić information content (AvgIpc) is 3.00. The number of nitriles is 1. The third-order valence-electron chi connectivity index (χ3n) is 3.25. The molecule has 1 heterocycles. The molecule has 0 fully saturated rings. The molecular weight excluding hydrogens is 342 g/mol. The van der Waals surface area contributed by atoms with Gasteiger partial charge < -0.3 is 0 Å². The minimum Gasteiger partial charge on any atom is -0.298 e. The molecule has 1 aromatic heterocycles. The summed E-state index contributed by atoms with van der Waals surface area (Å²) in [6, 6.07) is 16.7. The van der Waals surface area contributed by atoms with Crippen LogP contribution in [0.25, 0.3) is 16.9 Å². The molecule has 0 aliphatic heterocycles. The third kappa shape index (κ3) is 2.69. The Bertz CT molecular complexity index is 858. The molecule has 0 radical (unpaired) electrons. The molecule has 4 nitrogen and oxygen atoms in total. The number of aldehydes is 1. The molecule has 0 aliphatic rings. The monoisotopic (exact) mass is 351 g/mol. The summed E-state index contributed by atoms with van der Waals surface area (Å²) in [6.07, 6.45) is 2.48. The van der Waals surface area contributed by atoms with E-state index in [9.17, 15) is 4.79 Å². The van der Waals surface area contributed by atoms with Gasteiger partial charge in [-0.3, -0.25) is 4.79 Å². The maximum absolute atomic E-state index is 11.3. The molecule has 0 unspecified atom stereocenters. The first-order valence-corrected chi connectivity index (χ1v) is 7.32. The summed E-state index contributed by atoms with van der Waals surface area (Å²) in [7, 11) is 0. The number of halogens is 1. The van der Waals surface area contributed by atoms with Crippen LogP contribution >= 0.6 is 15.9 Å². The van der Waals surface area contributed by atoms with E-state index in [1.165, 1.54) is 0 Å². The van der Waals surface area contributed by atoms with Crippen LogP contribution in [0.15, 0.2) is 59.2 Å². The minimum absolute atomic E-state index is 0.520. The third-order valence-corrected chi connectivity index (χ3v) is 3.78. The van der Waals surface area contributed by atoms with E-state index in [4.69, 9.17) is 5.26 Å². The van der Waals surface area contributed by atoms with Crippen LogP contribution in [0.4, 0.5) is 0 Å². The highest BCUT2D eigenvalue weighted by atomic mass is 79.9. The highest BCUT2D eigenvalue weighted by molar-refractivity contribution is 9.10. The van der Waals surface area contributed by atoms with Crippen molar-refractivity contribution in [2.45, 2.75) is 0 Å². The molecule has 106 valence electrons. The predicted molar refractivity (Wildman–Crippen MR) is 86.8 cm³/mol. The number of hydrogen-bond acceptors (Lipinski definition) is 3. The van der Waals surface area contributed by atoms with Crippen LogP contribution in [0, 0.1) is 11.3 Å². The molecule has 3 rings (SSSR count). The fourth-order valence-corrected chi connectivity index (χ4v) is 2.39. The number of carbonyl (C=O) groups is 1. The largest absolute Gasteiger partial charge is 0.298 e. The van der Waals surface area contributed by atoms with Crippen LogP contribution < -0.4 is 0 Å². The Hall–Kier alpha value is -2.71. The molecule has 0 aliphatic carbocycles. The number of rotatable bonds is 3. The number of aromatic nitrogens is 2. The lowest BCUT2D eigenvalue weighted by Crippen LogP contribution is -1.94. The standard InChI is InChI=1S/C17H10BrN3O/c18-15-5-3-13(4-6-15)17-14(11-22)10-21(20-17)16-7-1-12(9-19)2-8-16/h1-8,10-11H. The van der Waals surface area contributed by atoms with Crippen LogP contribution in [0.5, 0.6) is 0 Å². The molecule has 2 aromatic carbocycles. The molecule has 3 aromatic rings. The van der Waals surface area contributed by atoms with Crippen LogP contribution in [0.3, 0.4) is 0 Å². The molecular formula is C17H10BrN3O. The molecule has 5 heteroatoms. The fourth-order valence-electron chi connectivity index (χ4n) is 2.13. The molecule has 0 N–H and O–H groups in total. The molecule has 0 spiro atoms. The summed E-state index contributed by atoms with van der Waals surface area (Å²) in [5, 5.41) is 13.3. The van der Waals surface area contributed by atoms with Crippen molar-refractivity contribution < 1.29 is 4.79 Å². The second-order valence-corrected chi connectivity index (χ2v) is 5.58. The quantitative estimate of drug-likeness (QED) is 0.670. The van der Waals surface area contributed by atoms with Gasteiger partial charge in [0.15, 0.2) is 6.29 Å². The van der Waals surface area contributed by atoms with Gasteiger partial charge in [0.2, 0.25) is 0 Å². The van der Waals surface area contributed by atoms with Crippen molar-refractivity contribution in [3.63, 3.8) is 0 Å². The van der Waals surface area contributed by atoms with Gasteiger partial charge >= 0.3 is 0 Å². The number of carbonyl (C=O) groups excluding carboxylic acids is 1. The van der Waals surface area contributed by atoms with Crippen molar-refractivity contribution in [2.75, 3.05) is 0 Å². The maximum atomic E-state index is 11.3. The van der Waals surface area contributed by atoms with Gasteiger partial charge in [-0.2, -0.15) is 10.4 Å². The molecule has 0 saturated heterocycles. The van der Waals surface area contributed by atoms with Gasteiger partial charge in [0, 0.05) is 16.2 Å². The van der Waals surface area contributed by atoms with E-state index < -0.39 is 0 Å². The van der Waals surface area contributed by atoms with E-state index in [0.29, 0.717) is 16.8 Å². The minimum atomic E-state index is 0.520. The number of benzene rings is 2. The lowest BCUT2D eigenvalue weighted by molar-refractivity contribution is 0.112. The van der Waals surface area contributed by atoms with Gasteiger partial charge in [0.05, 0.1) is 22.9 Å². The Labute approximate surface area is 135 Å². The Balaban J connectivity index is 2.06. The van der Waals surface area contributed by atoms with Gasteiger partial charge in [0.1, 0.15) is 5.69 Å². The van der Waals surface area contributed by atoms with Gasteiger partial charge in [-0.15, -0.1) is 0 Å². The molecule has 0 atom stereocenters. The lowest BCUT2D eigenvalue weighted by Gasteiger charge is -2.01. The first-order valence-electron chi connectivity index (χ1n) is 6.52. The van der Waals surface area contributed by atoms with Gasteiger partial charge in [-0.1, -0.05) is 28.1 Å². The summed E-state index contributed by atoms with van der Waals surface area (Å²) < 4.78 is 2.61. The first kappa shape index (κ1) is 14.2. The normalized spacial score (nSPS) is 10.2. The van der Waals surface area contributed by atoms with Crippen molar-refractivity contribution in [3.05, 3.63) is 70.3 Å². The predicted octanol–water partition coefficient (Wildman–Crippen LogP) is 3.99. The van der Waals surface area contributed by atoms with Crippen molar-refractivity contribution in [1.29, 1.82) is 5.26 Å². The summed E-state index contributed by atoms with van der Waals surface area (Å²) in [5.41, 5.74) is 3.40. The topological polar surface area (TPSA) is 58.7 Å². The molecule has 22 heavy (non-hydrogen) atoms. The zero-order valence-corrected chi connectivity index (χ0v) is 13.0. The number of nitrogens with zero attached hydrogens (tertiary/aromatic N) is 3. The van der Waals surface area contributed by atoms with Crippen molar-refractivity contribution in [1.82, 2.24) is 9.78 Å². The Morgan fingerprint density at radius 2 is 1.77 bits per heavy atom. The maximum Gasteiger partial charge on any atom is 0.153 e. The van der Waals surface area contributed by atoms with Crippen molar-refractivity contribution >= 4 is 22.2 Å². The molecule has 0 amide bonds. The van der Waals surface area contributed by atoms with Crippen LogP contribution in [0.2, 0.25) is 0 Å². The molecule has 0 saturated carbocycles. The molecule has 0 bridgehead atoms. The van der Waals surface area contributed by atoms with Gasteiger partial charge in [-0.25, -0.2) is 4.68 Å². The zero-order valence-electron chi connectivity index (χ0n) is 11.4. The Morgan fingerprint density at radius 1 is 1.09 bits per heavy atom. The van der Waals surface area contributed by atoms with Gasteiger partial charge in [0.25, 0.3) is 0 Å². The van der Waals surface area contributed by atoms with E-state index in [1.54, 1.807) is 35.1 Å². The first-order chi connectivity index (χ1) is 10.7. The second kappa shape index (κ2) is 5.96. The number of hydrogen-bond donors (Lipinski definition) is 0. The van der Waals surface area contributed by atoms with Crippen LogP contribution in [-0.2, 0) is 0 Å². The van der Waals surface area contributed by atoms with Crippen molar-refractivity contribution in [3.8, 4) is 23.0 Å². The van der Waals surface area contributed by atoms with Gasteiger partial charge in [-0.05, 0) is 36.4 Å². The highest BCUT2D eigenvalue weighted by Gasteiger charge is 2.11. The summed E-state index contributed by atoms with van der Waals surface area (Å²) >= 11 is 3.39. The van der Waals surface area contributed by atoms with Crippen LogP contribution in [-0.4, -0.2) is 16.1 Å².